The van der Waals surface area contributed by atoms with Gasteiger partial charge in [0.05, 0.1) is 11.0 Å². The Morgan fingerprint density at radius 3 is 2.75 bits per heavy atom. The number of carbonyl (C=O) groups excluding carboxylic acids is 1. The van der Waals surface area contributed by atoms with Crippen molar-refractivity contribution >= 4 is 17.6 Å². The zero-order valence-electron chi connectivity index (χ0n) is 11.1. The Bertz CT molecular complexity index is 561. The van der Waals surface area contributed by atoms with Crippen LogP contribution < -0.4 is 11.1 Å². The van der Waals surface area contributed by atoms with Crippen LogP contribution in [0.25, 0.3) is 0 Å². The largest absolute Gasteiger partial charge is 0.478 e. The lowest BCUT2D eigenvalue weighted by atomic mass is 9.84. The first-order valence-corrected chi connectivity index (χ1v) is 6.44. The minimum Gasteiger partial charge on any atom is -0.478 e. The minimum atomic E-state index is -1.37. The molecule has 0 spiro atoms. The number of nitrogens with two attached hydrogens (primary N) is 1. The van der Waals surface area contributed by atoms with Crippen LogP contribution in [0.15, 0.2) is 18.2 Å². The lowest BCUT2D eigenvalue weighted by Crippen LogP contribution is -2.44. The van der Waals surface area contributed by atoms with Gasteiger partial charge in [-0.3, -0.25) is 4.79 Å². The van der Waals surface area contributed by atoms with Crippen molar-refractivity contribution in [3.8, 4) is 0 Å². The van der Waals surface area contributed by atoms with Crippen molar-refractivity contribution < 1.29 is 19.1 Å². The van der Waals surface area contributed by atoms with E-state index in [0.29, 0.717) is 6.42 Å². The minimum absolute atomic E-state index is 0.220. The number of carboxylic acid groups (broad SMARTS) is 1. The van der Waals surface area contributed by atoms with E-state index in [-0.39, 0.29) is 17.6 Å². The maximum absolute atomic E-state index is 13.3. The molecule has 0 saturated heterocycles. The van der Waals surface area contributed by atoms with Crippen LogP contribution in [0.2, 0.25) is 0 Å². The van der Waals surface area contributed by atoms with Gasteiger partial charge >= 0.3 is 5.97 Å². The van der Waals surface area contributed by atoms with Gasteiger partial charge < -0.3 is 16.2 Å². The van der Waals surface area contributed by atoms with E-state index < -0.39 is 22.8 Å². The molecule has 1 aromatic carbocycles. The van der Waals surface area contributed by atoms with Gasteiger partial charge in [0.1, 0.15) is 5.82 Å². The standard InChI is InChI=1S/C14H17FN2O3/c1-14(6-2-3-11(14)16)13(20)17-8-4-5-10(15)9(7-8)12(18)19/h4-5,7,11H,2-3,6,16H2,1H3,(H,17,20)(H,18,19). The van der Waals surface area contributed by atoms with Gasteiger partial charge in [-0.2, -0.15) is 0 Å². The van der Waals surface area contributed by atoms with Crippen molar-refractivity contribution in [1.82, 2.24) is 0 Å². The number of aromatic carboxylic acids is 1. The number of hydrogen-bond donors (Lipinski definition) is 3. The van der Waals surface area contributed by atoms with Gasteiger partial charge in [0.2, 0.25) is 5.91 Å². The molecule has 1 aromatic rings. The molecule has 6 heteroatoms. The number of benzene rings is 1. The summed E-state index contributed by atoms with van der Waals surface area (Å²) in [6.45, 7) is 1.79. The summed E-state index contributed by atoms with van der Waals surface area (Å²) in [5, 5.41) is 11.5. The van der Waals surface area contributed by atoms with Crippen LogP contribution in [0.3, 0.4) is 0 Å². The molecule has 20 heavy (non-hydrogen) atoms. The molecule has 5 nitrogen and oxygen atoms in total. The van der Waals surface area contributed by atoms with Crippen molar-refractivity contribution in [3.63, 3.8) is 0 Å². The molecule has 1 aliphatic carbocycles. The second-order valence-corrected chi connectivity index (χ2v) is 5.37. The third-order valence-corrected chi connectivity index (χ3v) is 4.00. The Morgan fingerprint density at radius 1 is 1.50 bits per heavy atom. The number of halogens is 1. The number of carbonyl (C=O) groups is 2. The summed E-state index contributed by atoms with van der Waals surface area (Å²) in [4.78, 5) is 23.1. The number of hydrogen-bond acceptors (Lipinski definition) is 3. The van der Waals surface area contributed by atoms with Gasteiger partial charge in [0.15, 0.2) is 0 Å². The summed E-state index contributed by atoms with van der Waals surface area (Å²) in [5.41, 5.74) is 5.08. The molecule has 1 fully saturated rings. The fourth-order valence-electron chi connectivity index (χ4n) is 2.52. The van der Waals surface area contributed by atoms with Crippen LogP contribution in [-0.4, -0.2) is 23.0 Å². The molecule has 108 valence electrons. The number of nitrogens with one attached hydrogen (secondary N) is 1. The zero-order chi connectivity index (χ0) is 14.9. The molecule has 0 aromatic heterocycles. The van der Waals surface area contributed by atoms with E-state index in [1.54, 1.807) is 6.92 Å². The Balaban J connectivity index is 2.20. The van der Waals surface area contributed by atoms with E-state index in [0.717, 1.165) is 25.0 Å². The molecule has 1 amide bonds. The summed E-state index contributed by atoms with van der Waals surface area (Å²) in [5.74, 6) is -2.47. The fraction of sp³-hybridized carbons (Fsp3) is 0.429. The van der Waals surface area contributed by atoms with Gasteiger partial charge in [0.25, 0.3) is 0 Å². The summed E-state index contributed by atoms with van der Waals surface area (Å²) in [6, 6.07) is 3.25. The van der Waals surface area contributed by atoms with E-state index in [2.05, 4.69) is 5.32 Å². The van der Waals surface area contributed by atoms with E-state index >= 15 is 0 Å². The summed E-state index contributed by atoms with van der Waals surface area (Å²) < 4.78 is 13.3. The Kier molecular flexibility index (Phi) is 3.76. The molecule has 0 heterocycles. The van der Waals surface area contributed by atoms with Crippen LogP contribution >= 0.6 is 0 Å². The second-order valence-electron chi connectivity index (χ2n) is 5.37. The summed E-state index contributed by atoms with van der Waals surface area (Å²) in [6.07, 6.45) is 2.36. The highest BCUT2D eigenvalue weighted by atomic mass is 19.1. The smallest absolute Gasteiger partial charge is 0.338 e. The van der Waals surface area contributed by atoms with Crippen LogP contribution in [0.4, 0.5) is 10.1 Å². The van der Waals surface area contributed by atoms with E-state index in [9.17, 15) is 14.0 Å². The zero-order valence-corrected chi connectivity index (χ0v) is 11.1. The number of rotatable bonds is 3. The SMILES string of the molecule is CC1(C(=O)Nc2ccc(F)c(C(=O)O)c2)CCCC1N. The van der Waals surface area contributed by atoms with Crippen LogP contribution in [-0.2, 0) is 4.79 Å². The van der Waals surface area contributed by atoms with Crippen molar-refractivity contribution in [1.29, 1.82) is 0 Å². The van der Waals surface area contributed by atoms with Crippen LogP contribution in [0.1, 0.15) is 36.5 Å². The highest BCUT2D eigenvalue weighted by Crippen LogP contribution is 2.37. The molecule has 0 radical (unpaired) electrons. The fourth-order valence-corrected chi connectivity index (χ4v) is 2.52. The van der Waals surface area contributed by atoms with Gasteiger partial charge in [-0.05, 0) is 38.0 Å². The first kappa shape index (κ1) is 14.5. The van der Waals surface area contributed by atoms with Crippen molar-refractivity contribution in [2.24, 2.45) is 11.1 Å². The third kappa shape index (κ3) is 2.51. The summed E-state index contributed by atoms with van der Waals surface area (Å²) in [7, 11) is 0. The average Bonchev–Trinajstić information content (AvgIpc) is 2.73. The Hall–Kier alpha value is -1.95. The van der Waals surface area contributed by atoms with Crippen LogP contribution in [0, 0.1) is 11.2 Å². The topological polar surface area (TPSA) is 92.4 Å². The highest BCUT2D eigenvalue weighted by Gasteiger charge is 2.42. The average molecular weight is 280 g/mol. The maximum Gasteiger partial charge on any atom is 0.338 e. The third-order valence-electron chi connectivity index (χ3n) is 4.00. The van der Waals surface area contributed by atoms with Gasteiger partial charge in [-0.1, -0.05) is 6.42 Å². The molecule has 2 atom stereocenters. The first-order valence-electron chi connectivity index (χ1n) is 6.44. The molecule has 0 bridgehead atoms. The second kappa shape index (κ2) is 5.20. The predicted molar refractivity (Wildman–Crippen MR) is 71.9 cm³/mol. The molecule has 4 N–H and O–H groups in total. The quantitative estimate of drug-likeness (QED) is 0.789. The van der Waals surface area contributed by atoms with Crippen molar-refractivity contribution in [3.05, 3.63) is 29.6 Å². The van der Waals surface area contributed by atoms with Gasteiger partial charge in [-0.25, -0.2) is 9.18 Å². The first-order chi connectivity index (χ1) is 9.34. The molecule has 2 unspecified atom stereocenters. The maximum atomic E-state index is 13.3. The molecule has 0 aliphatic heterocycles. The van der Waals surface area contributed by atoms with Crippen molar-refractivity contribution in [2.75, 3.05) is 5.32 Å². The molecular weight excluding hydrogens is 263 g/mol. The Labute approximate surface area is 116 Å². The molecule has 2 rings (SSSR count). The number of carboxylic acids is 1. The number of amides is 1. The highest BCUT2D eigenvalue weighted by molar-refractivity contribution is 5.97. The normalized spacial score (nSPS) is 25.4. The van der Waals surface area contributed by atoms with E-state index in [4.69, 9.17) is 10.8 Å². The van der Waals surface area contributed by atoms with Gasteiger partial charge in [-0.15, -0.1) is 0 Å². The monoisotopic (exact) mass is 280 g/mol. The summed E-state index contributed by atoms with van der Waals surface area (Å²) >= 11 is 0. The van der Waals surface area contributed by atoms with E-state index in [1.165, 1.54) is 6.07 Å². The lowest BCUT2D eigenvalue weighted by Gasteiger charge is -2.27. The molecule has 1 aliphatic rings. The molecule has 1 saturated carbocycles. The van der Waals surface area contributed by atoms with Gasteiger partial charge in [0, 0.05) is 11.7 Å². The van der Waals surface area contributed by atoms with Crippen LogP contribution in [0.5, 0.6) is 0 Å². The number of anilines is 1. The lowest BCUT2D eigenvalue weighted by molar-refractivity contribution is -0.125. The molecular formula is C14H17FN2O3. The predicted octanol–water partition coefficient (Wildman–Crippen LogP) is 1.98. The Morgan fingerprint density at radius 2 is 2.20 bits per heavy atom. The van der Waals surface area contributed by atoms with E-state index in [1.807, 2.05) is 0 Å². The van der Waals surface area contributed by atoms with Crippen molar-refractivity contribution in [2.45, 2.75) is 32.2 Å².